The molecule has 0 spiro atoms. The van der Waals surface area contributed by atoms with Crippen molar-refractivity contribution < 1.29 is 4.79 Å². The molecule has 110 valence electrons. The summed E-state index contributed by atoms with van der Waals surface area (Å²) in [5, 5.41) is 4.05. The molecule has 1 saturated carbocycles. The zero-order valence-electron chi connectivity index (χ0n) is 12.1. The Labute approximate surface area is 123 Å². The molecule has 1 aliphatic carbocycles. The topological polar surface area (TPSA) is 80.0 Å². The van der Waals surface area contributed by atoms with Crippen molar-refractivity contribution in [1.82, 2.24) is 10.3 Å². The van der Waals surface area contributed by atoms with Gasteiger partial charge in [-0.3, -0.25) is 4.79 Å². The Morgan fingerprint density at radius 3 is 2.76 bits per heavy atom. The molecule has 0 saturated heterocycles. The summed E-state index contributed by atoms with van der Waals surface area (Å²) in [4.78, 5) is 17.1. The molecule has 1 aromatic carbocycles. The fourth-order valence-electron chi connectivity index (χ4n) is 2.92. The molecule has 1 aromatic heterocycles. The van der Waals surface area contributed by atoms with Gasteiger partial charge in [0.1, 0.15) is 5.82 Å². The maximum atomic E-state index is 12.7. The lowest BCUT2D eigenvalue weighted by atomic mass is 9.74. The van der Waals surface area contributed by atoms with E-state index in [1.165, 1.54) is 6.42 Å². The highest BCUT2D eigenvalue weighted by atomic mass is 16.1. The quantitative estimate of drug-likeness (QED) is 0.595. The third-order valence-electron chi connectivity index (χ3n) is 4.47. The number of nitrogens with one attached hydrogen (secondary N) is 2. The summed E-state index contributed by atoms with van der Waals surface area (Å²) in [5.74, 6) is 5.91. The maximum Gasteiger partial charge on any atom is 0.252 e. The second-order valence-electron chi connectivity index (χ2n) is 5.66. The van der Waals surface area contributed by atoms with Gasteiger partial charge in [-0.1, -0.05) is 25.1 Å². The van der Waals surface area contributed by atoms with Crippen molar-refractivity contribution >= 4 is 22.6 Å². The number of hydrazine groups is 1. The minimum Gasteiger partial charge on any atom is -0.347 e. The van der Waals surface area contributed by atoms with Crippen LogP contribution in [0.25, 0.3) is 10.9 Å². The van der Waals surface area contributed by atoms with E-state index in [4.69, 9.17) is 5.84 Å². The van der Waals surface area contributed by atoms with E-state index < -0.39 is 0 Å². The van der Waals surface area contributed by atoms with Crippen molar-refractivity contribution in [2.24, 2.45) is 5.84 Å². The van der Waals surface area contributed by atoms with Crippen molar-refractivity contribution in [2.75, 3.05) is 5.43 Å². The van der Waals surface area contributed by atoms with Crippen molar-refractivity contribution in [3.63, 3.8) is 0 Å². The summed E-state index contributed by atoms with van der Waals surface area (Å²) in [6.45, 7) is 2.12. The minimum atomic E-state index is -0.0494. The lowest BCUT2D eigenvalue weighted by Crippen LogP contribution is -2.53. The summed E-state index contributed by atoms with van der Waals surface area (Å²) >= 11 is 0. The van der Waals surface area contributed by atoms with E-state index in [-0.39, 0.29) is 11.4 Å². The molecular weight excluding hydrogens is 264 g/mol. The zero-order valence-corrected chi connectivity index (χ0v) is 12.1. The number of amides is 1. The monoisotopic (exact) mass is 284 g/mol. The van der Waals surface area contributed by atoms with Crippen molar-refractivity contribution in [2.45, 2.75) is 38.1 Å². The summed E-state index contributed by atoms with van der Waals surface area (Å²) in [6, 6.07) is 9.31. The first-order valence-electron chi connectivity index (χ1n) is 7.36. The van der Waals surface area contributed by atoms with E-state index in [9.17, 15) is 4.79 Å². The van der Waals surface area contributed by atoms with Gasteiger partial charge in [-0.25, -0.2) is 10.8 Å². The largest absolute Gasteiger partial charge is 0.347 e. The lowest BCUT2D eigenvalue weighted by Gasteiger charge is -2.42. The Bertz CT molecular complexity index is 674. The highest BCUT2D eigenvalue weighted by Gasteiger charge is 2.36. The third-order valence-corrected chi connectivity index (χ3v) is 4.47. The van der Waals surface area contributed by atoms with E-state index in [0.717, 1.165) is 30.2 Å². The van der Waals surface area contributed by atoms with Crippen LogP contribution in [-0.2, 0) is 0 Å². The van der Waals surface area contributed by atoms with Gasteiger partial charge in [0.15, 0.2) is 0 Å². The van der Waals surface area contributed by atoms with Gasteiger partial charge in [0.2, 0.25) is 0 Å². The second-order valence-corrected chi connectivity index (χ2v) is 5.66. The van der Waals surface area contributed by atoms with Gasteiger partial charge in [0.05, 0.1) is 11.1 Å². The molecule has 1 amide bonds. The number of nitrogens with zero attached hydrogens (tertiary/aromatic N) is 1. The van der Waals surface area contributed by atoms with Crippen LogP contribution in [0.5, 0.6) is 0 Å². The Morgan fingerprint density at radius 2 is 2.14 bits per heavy atom. The number of nitrogen functional groups attached to an aromatic ring is 1. The van der Waals surface area contributed by atoms with Gasteiger partial charge >= 0.3 is 0 Å². The Balaban J connectivity index is 2.00. The number of anilines is 1. The molecule has 1 aliphatic rings. The van der Waals surface area contributed by atoms with Crippen LogP contribution in [0.1, 0.15) is 43.0 Å². The van der Waals surface area contributed by atoms with E-state index in [2.05, 4.69) is 22.7 Å². The number of aromatic nitrogens is 1. The van der Waals surface area contributed by atoms with Crippen molar-refractivity contribution in [1.29, 1.82) is 0 Å². The molecule has 2 aromatic rings. The molecule has 4 N–H and O–H groups in total. The summed E-state index contributed by atoms with van der Waals surface area (Å²) in [7, 11) is 0. The molecule has 5 heteroatoms. The molecule has 0 aliphatic heterocycles. The smallest absolute Gasteiger partial charge is 0.252 e. The molecule has 5 nitrogen and oxygen atoms in total. The van der Waals surface area contributed by atoms with E-state index in [0.29, 0.717) is 11.4 Å². The van der Waals surface area contributed by atoms with Crippen LogP contribution in [0.2, 0.25) is 0 Å². The van der Waals surface area contributed by atoms with Crippen LogP contribution in [0, 0.1) is 0 Å². The highest BCUT2D eigenvalue weighted by molar-refractivity contribution is 6.07. The Morgan fingerprint density at radius 1 is 1.38 bits per heavy atom. The van der Waals surface area contributed by atoms with E-state index >= 15 is 0 Å². The number of hydrogen-bond acceptors (Lipinski definition) is 4. The fourth-order valence-corrected chi connectivity index (χ4v) is 2.92. The second kappa shape index (κ2) is 5.33. The predicted octanol–water partition coefficient (Wildman–Crippen LogP) is 2.58. The maximum absolute atomic E-state index is 12.7. The van der Waals surface area contributed by atoms with Gasteiger partial charge in [0, 0.05) is 10.9 Å². The lowest BCUT2D eigenvalue weighted by molar-refractivity contribution is 0.0822. The number of pyridine rings is 1. The minimum absolute atomic E-state index is 0.0300. The molecule has 1 fully saturated rings. The molecular formula is C16H20N4O. The first-order chi connectivity index (χ1) is 10.2. The normalized spacial score (nSPS) is 16.3. The van der Waals surface area contributed by atoms with Crippen LogP contribution in [0.3, 0.4) is 0 Å². The Kier molecular flexibility index (Phi) is 3.51. The van der Waals surface area contributed by atoms with Crippen molar-refractivity contribution in [3.05, 3.63) is 35.9 Å². The van der Waals surface area contributed by atoms with Crippen LogP contribution in [0.4, 0.5) is 5.82 Å². The molecule has 3 rings (SSSR count). The third kappa shape index (κ3) is 2.45. The molecule has 0 unspecified atom stereocenters. The molecule has 21 heavy (non-hydrogen) atoms. The van der Waals surface area contributed by atoms with Gasteiger partial charge in [-0.05, 0) is 37.8 Å². The number of benzene rings is 1. The SMILES string of the molecule is CCC1(NC(=O)c2cc(NN)nc3ccccc23)CCC1. The average Bonchev–Trinajstić information content (AvgIpc) is 2.49. The molecule has 0 bridgehead atoms. The first-order valence-corrected chi connectivity index (χ1v) is 7.36. The zero-order chi connectivity index (χ0) is 14.9. The number of carbonyl (C=O) groups is 1. The average molecular weight is 284 g/mol. The van der Waals surface area contributed by atoms with Crippen molar-refractivity contribution in [3.8, 4) is 0 Å². The fraction of sp³-hybridized carbons (Fsp3) is 0.375. The van der Waals surface area contributed by atoms with Gasteiger partial charge in [-0.2, -0.15) is 0 Å². The van der Waals surface area contributed by atoms with Crippen LogP contribution < -0.4 is 16.6 Å². The summed E-state index contributed by atoms with van der Waals surface area (Å²) in [5.41, 5.74) is 3.88. The Hall–Kier alpha value is -2.14. The van der Waals surface area contributed by atoms with Crippen LogP contribution in [-0.4, -0.2) is 16.4 Å². The summed E-state index contributed by atoms with van der Waals surface area (Å²) < 4.78 is 0. The van der Waals surface area contributed by atoms with E-state index in [1.54, 1.807) is 6.07 Å². The first kappa shape index (κ1) is 13.8. The number of carbonyl (C=O) groups excluding carboxylic acids is 1. The predicted molar refractivity (Wildman–Crippen MR) is 83.9 cm³/mol. The number of rotatable bonds is 4. The standard InChI is InChI=1S/C16H20N4O/c1-2-16(8-5-9-16)19-15(21)12-10-14(20-17)18-13-7-4-3-6-11(12)13/h3-4,6-7,10H,2,5,8-9,17H2,1H3,(H,18,20)(H,19,21). The number of para-hydroxylation sites is 1. The van der Waals surface area contributed by atoms with Gasteiger partial charge < -0.3 is 10.7 Å². The molecule has 1 heterocycles. The van der Waals surface area contributed by atoms with E-state index in [1.807, 2.05) is 24.3 Å². The number of nitrogens with two attached hydrogens (primary N) is 1. The highest BCUT2D eigenvalue weighted by Crippen LogP contribution is 2.35. The molecule has 0 atom stereocenters. The number of fused-ring (bicyclic) bond motifs is 1. The summed E-state index contributed by atoms with van der Waals surface area (Å²) in [6.07, 6.45) is 4.26. The number of hydrogen-bond donors (Lipinski definition) is 3. The molecule has 0 radical (unpaired) electrons. The van der Waals surface area contributed by atoms with Gasteiger partial charge in [0.25, 0.3) is 5.91 Å². The van der Waals surface area contributed by atoms with Gasteiger partial charge in [-0.15, -0.1) is 0 Å². The van der Waals surface area contributed by atoms with Crippen LogP contribution >= 0.6 is 0 Å². The van der Waals surface area contributed by atoms with Crippen LogP contribution in [0.15, 0.2) is 30.3 Å².